The minimum Gasteiger partial charge on any atom is -0.497 e. The van der Waals surface area contributed by atoms with Crippen molar-refractivity contribution in [2.75, 3.05) is 7.11 Å². The zero-order valence-electron chi connectivity index (χ0n) is 18.2. The first-order valence-corrected chi connectivity index (χ1v) is 12.7. The van der Waals surface area contributed by atoms with Crippen molar-refractivity contribution in [1.29, 1.82) is 0 Å². The third-order valence-electron chi connectivity index (χ3n) is 5.79. The first-order chi connectivity index (χ1) is 15.6. The zero-order valence-corrected chi connectivity index (χ0v) is 19.8. The maximum Gasteiger partial charge on any atom is 0.248 e. The predicted molar refractivity (Wildman–Crippen MR) is 129 cm³/mol. The molecule has 2 aromatic heterocycles. The van der Waals surface area contributed by atoms with Crippen LogP contribution in [0.5, 0.6) is 5.75 Å². The topological polar surface area (TPSA) is 58.6 Å². The summed E-state index contributed by atoms with van der Waals surface area (Å²) in [6.07, 6.45) is 4.56. The Morgan fingerprint density at radius 3 is 2.56 bits per heavy atom. The number of thiophene rings is 2. The molecule has 0 radical (unpaired) electrons. The molecule has 1 atom stereocenters. The Kier molecular flexibility index (Phi) is 7.60. The Morgan fingerprint density at radius 2 is 1.88 bits per heavy atom. The van der Waals surface area contributed by atoms with E-state index in [0.717, 1.165) is 46.8 Å². The monoisotopic (exact) mass is 468 g/mol. The second-order valence-electron chi connectivity index (χ2n) is 8.04. The first kappa shape index (κ1) is 22.6. The molecule has 1 aliphatic carbocycles. The van der Waals surface area contributed by atoms with Gasteiger partial charge in [0.1, 0.15) is 11.8 Å². The molecule has 4 rings (SSSR count). The van der Waals surface area contributed by atoms with E-state index in [0.29, 0.717) is 6.54 Å². The van der Waals surface area contributed by atoms with Crippen LogP contribution in [0.2, 0.25) is 0 Å². The van der Waals surface area contributed by atoms with Crippen LogP contribution in [-0.4, -0.2) is 29.9 Å². The van der Waals surface area contributed by atoms with E-state index in [1.54, 1.807) is 23.3 Å². The van der Waals surface area contributed by atoms with Gasteiger partial charge in [0.15, 0.2) is 0 Å². The Labute approximate surface area is 197 Å². The molecule has 3 aromatic rings. The van der Waals surface area contributed by atoms with Crippen LogP contribution in [0.25, 0.3) is 0 Å². The van der Waals surface area contributed by atoms with Gasteiger partial charge in [-0.15, -0.1) is 22.7 Å². The van der Waals surface area contributed by atoms with Crippen molar-refractivity contribution in [3.63, 3.8) is 0 Å². The van der Waals surface area contributed by atoms with Gasteiger partial charge in [-0.05, 0) is 53.4 Å². The smallest absolute Gasteiger partial charge is 0.248 e. The van der Waals surface area contributed by atoms with Crippen LogP contribution in [0.4, 0.5) is 0 Å². The number of hydrogen-bond acceptors (Lipinski definition) is 5. The van der Waals surface area contributed by atoms with Crippen molar-refractivity contribution in [3.8, 4) is 5.75 Å². The van der Waals surface area contributed by atoms with Crippen LogP contribution in [0.1, 0.15) is 47.0 Å². The van der Waals surface area contributed by atoms with Gasteiger partial charge in [0.2, 0.25) is 11.8 Å². The summed E-state index contributed by atoms with van der Waals surface area (Å²) in [5.74, 6) is 0.577. The Hall–Kier alpha value is -2.64. The number of carbonyl (C=O) groups is 2. The molecule has 1 N–H and O–H groups in total. The van der Waals surface area contributed by atoms with Crippen molar-refractivity contribution in [3.05, 3.63) is 74.6 Å². The van der Waals surface area contributed by atoms with E-state index < -0.39 is 6.04 Å². The number of hydrogen-bond donors (Lipinski definition) is 1. The normalized spacial score (nSPS) is 14.8. The highest BCUT2D eigenvalue weighted by atomic mass is 32.1. The predicted octanol–water partition coefficient (Wildman–Crippen LogP) is 5.19. The molecule has 7 heteroatoms. The number of methoxy groups -OCH3 is 1. The van der Waals surface area contributed by atoms with Gasteiger partial charge in [-0.1, -0.05) is 37.1 Å². The van der Waals surface area contributed by atoms with E-state index in [2.05, 4.69) is 5.32 Å². The van der Waals surface area contributed by atoms with Crippen molar-refractivity contribution in [2.24, 2.45) is 0 Å². The molecule has 2 amide bonds. The van der Waals surface area contributed by atoms with Crippen LogP contribution >= 0.6 is 22.7 Å². The average molecular weight is 469 g/mol. The molecule has 1 aromatic carbocycles. The zero-order chi connectivity index (χ0) is 22.3. The largest absolute Gasteiger partial charge is 0.497 e. The Bertz CT molecular complexity index is 1010. The second-order valence-corrected chi connectivity index (χ2v) is 10.0. The van der Waals surface area contributed by atoms with Crippen LogP contribution in [0.3, 0.4) is 0 Å². The summed E-state index contributed by atoms with van der Waals surface area (Å²) < 4.78 is 5.37. The summed E-state index contributed by atoms with van der Waals surface area (Å²) in [4.78, 5) is 30.7. The summed E-state index contributed by atoms with van der Waals surface area (Å²) in [5.41, 5.74) is 0.930. The maximum atomic E-state index is 13.6. The first-order valence-electron chi connectivity index (χ1n) is 10.9. The summed E-state index contributed by atoms with van der Waals surface area (Å²) >= 11 is 3.07. The molecule has 1 saturated carbocycles. The van der Waals surface area contributed by atoms with Crippen LogP contribution in [0, 0.1) is 0 Å². The molecule has 168 valence electrons. The number of ether oxygens (including phenoxy) is 1. The van der Waals surface area contributed by atoms with E-state index in [1.807, 2.05) is 59.3 Å². The van der Waals surface area contributed by atoms with Gasteiger partial charge in [-0.3, -0.25) is 9.59 Å². The van der Waals surface area contributed by atoms with E-state index in [9.17, 15) is 9.59 Å². The number of nitrogens with zero attached hydrogens (tertiary/aromatic N) is 1. The Morgan fingerprint density at radius 1 is 1.09 bits per heavy atom. The van der Waals surface area contributed by atoms with Gasteiger partial charge in [-0.25, -0.2) is 0 Å². The molecule has 0 aliphatic heterocycles. The quantitative estimate of drug-likeness (QED) is 0.470. The van der Waals surface area contributed by atoms with E-state index in [4.69, 9.17) is 4.74 Å². The van der Waals surface area contributed by atoms with Crippen LogP contribution in [-0.2, 0) is 22.6 Å². The fraction of sp³-hybridized carbons (Fsp3) is 0.360. The number of rotatable bonds is 9. The van der Waals surface area contributed by atoms with Gasteiger partial charge in [0.05, 0.1) is 13.5 Å². The maximum absolute atomic E-state index is 13.6. The van der Waals surface area contributed by atoms with Gasteiger partial charge >= 0.3 is 0 Å². The minimum absolute atomic E-state index is 0.0600. The Balaban J connectivity index is 1.66. The molecule has 1 aliphatic rings. The molecule has 1 fully saturated rings. The molecule has 32 heavy (non-hydrogen) atoms. The average Bonchev–Trinajstić information content (AvgIpc) is 3.58. The van der Waals surface area contributed by atoms with Gasteiger partial charge in [0.25, 0.3) is 0 Å². The van der Waals surface area contributed by atoms with E-state index in [-0.39, 0.29) is 24.3 Å². The third-order valence-corrected chi connectivity index (χ3v) is 7.59. The molecule has 2 heterocycles. The number of carbonyl (C=O) groups excluding carboxylic acids is 2. The van der Waals surface area contributed by atoms with Crippen LogP contribution < -0.4 is 10.1 Å². The lowest BCUT2D eigenvalue weighted by atomic mass is 10.1. The molecule has 0 spiro atoms. The van der Waals surface area contributed by atoms with E-state index in [1.165, 1.54) is 11.3 Å². The number of benzene rings is 1. The second kappa shape index (κ2) is 10.8. The van der Waals surface area contributed by atoms with Crippen molar-refractivity contribution < 1.29 is 14.3 Å². The minimum atomic E-state index is -0.658. The highest BCUT2D eigenvalue weighted by Crippen LogP contribution is 2.30. The fourth-order valence-electron chi connectivity index (χ4n) is 4.18. The number of amides is 2. The summed E-state index contributed by atoms with van der Waals surface area (Å²) in [6, 6.07) is 15.0. The molecule has 0 saturated heterocycles. The van der Waals surface area contributed by atoms with Crippen molar-refractivity contribution in [2.45, 2.75) is 50.7 Å². The highest BCUT2D eigenvalue weighted by molar-refractivity contribution is 7.10. The lowest BCUT2D eigenvalue weighted by Gasteiger charge is -2.31. The summed E-state index contributed by atoms with van der Waals surface area (Å²) in [5, 5.41) is 7.15. The van der Waals surface area contributed by atoms with Crippen molar-refractivity contribution in [1.82, 2.24) is 10.2 Å². The molecule has 0 bridgehead atoms. The number of nitrogens with one attached hydrogen (secondary N) is 1. The molecular weight excluding hydrogens is 440 g/mol. The van der Waals surface area contributed by atoms with Gasteiger partial charge in [0, 0.05) is 22.3 Å². The SMILES string of the molecule is COc1cccc(CN(C(=O)Cc2cccs2)[C@@H](C(=O)NC2CCCC2)c2cccs2)c1. The van der Waals surface area contributed by atoms with Crippen LogP contribution in [0.15, 0.2) is 59.3 Å². The summed E-state index contributed by atoms with van der Waals surface area (Å²) in [7, 11) is 1.63. The van der Waals surface area contributed by atoms with Gasteiger partial charge in [-0.2, -0.15) is 0 Å². The molecule has 0 unspecified atom stereocenters. The highest BCUT2D eigenvalue weighted by Gasteiger charge is 2.34. The lowest BCUT2D eigenvalue weighted by molar-refractivity contribution is -0.141. The third kappa shape index (κ3) is 5.58. The van der Waals surface area contributed by atoms with Gasteiger partial charge < -0.3 is 15.0 Å². The standard InChI is InChI=1S/C25H28N2O3S2/c1-30-20-10-4-7-18(15-20)17-27(23(28)16-21-11-5-13-31-21)24(22-12-6-14-32-22)25(29)26-19-8-2-3-9-19/h4-7,10-15,19,24H,2-3,8-9,16-17H2,1H3,(H,26,29)/t24-/m1/s1. The molecule has 5 nitrogen and oxygen atoms in total. The van der Waals surface area contributed by atoms with Crippen molar-refractivity contribution >= 4 is 34.5 Å². The summed E-state index contributed by atoms with van der Waals surface area (Å²) in [6.45, 7) is 0.335. The lowest BCUT2D eigenvalue weighted by Crippen LogP contribution is -2.46. The molecular formula is C25H28N2O3S2. The van der Waals surface area contributed by atoms with E-state index >= 15 is 0 Å². The fourth-order valence-corrected chi connectivity index (χ4v) is 5.71.